The van der Waals surface area contributed by atoms with Crippen LogP contribution in [-0.4, -0.2) is 11.1 Å². The summed E-state index contributed by atoms with van der Waals surface area (Å²) in [6, 6.07) is 7.24. The van der Waals surface area contributed by atoms with E-state index in [1.807, 2.05) is 12.1 Å². The van der Waals surface area contributed by atoms with E-state index in [2.05, 4.69) is 0 Å². The fourth-order valence-electron chi connectivity index (χ4n) is 1.07. The summed E-state index contributed by atoms with van der Waals surface area (Å²) in [5, 5.41) is 14.4. The van der Waals surface area contributed by atoms with Crippen molar-refractivity contribution in [1.82, 2.24) is 0 Å². The fraction of sp³-hybridized carbons (Fsp3) is 0.300. The van der Waals surface area contributed by atoms with Crippen molar-refractivity contribution in [2.24, 2.45) is 5.14 Å². The Morgan fingerprint density at radius 2 is 1.86 bits per heavy atom. The summed E-state index contributed by atoms with van der Waals surface area (Å²) in [6.45, 7) is 3.36. The SMILES string of the molecule is CC(C)(C(=O)O)c1ccc(SN)cc1. The van der Waals surface area contributed by atoms with Crippen molar-refractivity contribution in [2.75, 3.05) is 0 Å². The Morgan fingerprint density at radius 1 is 1.36 bits per heavy atom. The minimum absolute atomic E-state index is 0.780. The van der Waals surface area contributed by atoms with Crippen LogP contribution in [0.3, 0.4) is 0 Å². The Hall–Kier alpha value is -1.00. The maximum atomic E-state index is 10.9. The molecular formula is C10H13NO2S. The third-order valence-electron chi connectivity index (χ3n) is 2.25. The van der Waals surface area contributed by atoms with Crippen molar-refractivity contribution >= 4 is 17.9 Å². The van der Waals surface area contributed by atoms with E-state index in [0.717, 1.165) is 22.4 Å². The Labute approximate surface area is 87.4 Å². The number of hydrogen-bond donors (Lipinski definition) is 2. The lowest BCUT2D eigenvalue weighted by Gasteiger charge is -2.19. The van der Waals surface area contributed by atoms with Crippen molar-refractivity contribution in [3.05, 3.63) is 29.8 Å². The molecule has 0 bridgehead atoms. The molecule has 1 aromatic carbocycles. The third-order valence-corrected chi connectivity index (χ3v) is 2.79. The summed E-state index contributed by atoms with van der Waals surface area (Å²) >= 11 is 1.15. The van der Waals surface area contributed by atoms with Crippen LogP contribution in [0, 0.1) is 0 Å². The molecule has 0 aliphatic rings. The number of carboxylic acids is 1. The summed E-state index contributed by atoms with van der Waals surface area (Å²) in [5.74, 6) is -0.828. The molecule has 3 nitrogen and oxygen atoms in total. The van der Waals surface area contributed by atoms with Crippen LogP contribution in [0.1, 0.15) is 19.4 Å². The standard InChI is InChI=1S/C10H13NO2S/c1-10(2,9(12)13)7-3-5-8(14-11)6-4-7/h3-6H,11H2,1-2H3,(H,12,13). The van der Waals surface area contributed by atoms with Gasteiger partial charge in [0.15, 0.2) is 0 Å². The van der Waals surface area contributed by atoms with Crippen LogP contribution in [-0.2, 0) is 10.2 Å². The lowest BCUT2D eigenvalue weighted by atomic mass is 9.85. The van der Waals surface area contributed by atoms with Gasteiger partial charge in [-0.15, -0.1) is 0 Å². The molecule has 0 saturated carbocycles. The number of hydrogen-bond acceptors (Lipinski definition) is 3. The molecular weight excluding hydrogens is 198 g/mol. The molecule has 1 rings (SSSR count). The van der Waals surface area contributed by atoms with Gasteiger partial charge >= 0.3 is 5.97 Å². The van der Waals surface area contributed by atoms with Crippen molar-refractivity contribution < 1.29 is 9.90 Å². The van der Waals surface area contributed by atoms with E-state index in [-0.39, 0.29) is 0 Å². The highest BCUT2D eigenvalue weighted by atomic mass is 32.2. The molecule has 4 heteroatoms. The van der Waals surface area contributed by atoms with Gasteiger partial charge in [-0.05, 0) is 43.5 Å². The summed E-state index contributed by atoms with van der Waals surface area (Å²) in [4.78, 5) is 11.9. The molecule has 1 aromatic rings. The van der Waals surface area contributed by atoms with Crippen molar-refractivity contribution in [1.29, 1.82) is 0 Å². The monoisotopic (exact) mass is 211 g/mol. The Kier molecular flexibility index (Phi) is 3.18. The van der Waals surface area contributed by atoms with Crippen molar-refractivity contribution in [3.63, 3.8) is 0 Å². The first kappa shape index (κ1) is 11.1. The molecule has 0 heterocycles. The number of aliphatic carboxylic acids is 1. The van der Waals surface area contributed by atoms with E-state index in [9.17, 15) is 4.79 Å². The molecule has 0 amide bonds. The Balaban J connectivity index is 3.02. The van der Waals surface area contributed by atoms with Gasteiger partial charge in [0.25, 0.3) is 0 Å². The molecule has 0 fully saturated rings. The highest BCUT2D eigenvalue weighted by Gasteiger charge is 2.28. The Morgan fingerprint density at radius 3 is 2.21 bits per heavy atom. The summed E-state index contributed by atoms with van der Waals surface area (Å²) in [5.41, 5.74) is -0.0690. The van der Waals surface area contributed by atoms with Gasteiger partial charge in [0, 0.05) is 4.90 Å². The summed E-state index contributed by atoms with van der Waals surface area (Å²) < 4.78 is 0. The van der Waals surface area contributed by atoms with Gasteiger partial charge in [-0.25, -0.2) is 0 Å². The van der Waals surface area contributed by atoms with Crippen LogP contribution < -0.4 is 5.14 Å². The van der Waals surface area contributed by atoms with Crippen LogP contribution in [0.5, 0.6) is 0 Å². The van der Waals surface area contributed by atoms with Gasteiger partial charge in [-0.2, -0.15) is 0 Å². The quantitative estimate of drug-likeness (QED) is 0.751. The van der Waals surface area contributed by atoms with E-state index in [4.69, 9.17) is 10.2 Å². The highest BCUT2D eigenvalue weighted by Crippen LogP contribution is 2.25. The molecule has 0 unspecified atom stereocenters. The van der Waals surface area contributed by atoms with Crippen LogP contribution in [0.15, 0.2) is 29.2 Å². The van der Waals surface area contributed by atoms with E-state index in [1.165, 1.54) is 0 Å². The van der Waals surface area contributed by atoms with Crippen LogP contribution in [0.25, 0.3) is 0 Å². The van der Waals surface area contributed by atoms with Crippen LogP contribution >= 0.6 is 11.9 Å². The average Bonchev–Trinajstić information content (AvgIpc) is 2.17. The smallest absolute Gasteiger partial charge is 0.313 e. The first-order valence-corrected chi connectivity index (χ1v) is 5.07. The molecule has 0 spiro atoms. The normalized spacial score (nSPS) is 11.4. The number of rotatable bonds is 3. The molecule has 0 atom stereocenters. The number of carbonyl (C=O) groups is 1. The maximum Gasteiger partial charge on any atom is 0.313 e. The maximum absolute atomic E-state index is 10.9. The Bertz CT molecular complexity index is 332. The predicted octanol–water partition coefficient (Wildman–Crippen LogP) is 2.01. The van der Waals surface area contributed by atoms with Crippen LogP contribution in [0.2, 0.25) is 0 Å². The first-order chi connectivity index (χ1) is 6.48. The molecule has 0 radical (unpaired) electrons. The van der Waals surface area contributed by atoms with Crippen LogP contribution in [0.4, 0.5) is 0 Å². The van der Waals surface area contributed by atoms with Gasteiger partial charge in [0.05, 0.1) is 5.41 Å². The second-order valence-electron chi connectivity index (χ2n) is 3.57. The highest BCUT2D eigenvalue weighted by molar-refractivity contribution is 7.97. The van der Waals surface area contributed by atoms with E-state index in [0.29, 0.717) is 0 Å². The van der Waals surface area contributed by atoms with Gasteiger partial charge in [-0.3, -0.25) is 9.93 Å². The van der Waals surface area contributed by atoms with E-state index in [1.54, 1.807) is 26.0 Å². The van der Waals surface area contributed by atoms with Gasteiger partial charge < -0.3 is 5.11 Å². The first-order valence-electron chi connectivity index (χ1n) is 4.19. The second-order valence-corrected chi connectivity index (χ2v) is 4.28. The lowest BCUT2D eigenvalue weighted by Crippen LogP contribution is -2.28. The van der Waals surface area contributed by atoms with E-state index < -0.39 is 11.4 Å². The lowest BCUT2D eigenvalue weighted by molar-refractivity contribution is -0.142. The molecule has 0 saturated heterocycles. The van der Waals surface area contributed by atoms with Gasteiger partial charge in [0.1, 0.15) is 0 Å². The average molecular weight is 211 g/mol. The number of nitrogens with two attached hydrogens (primary N) is 1. The number of benzene rings is 1. The minimum Gasteiger partial charge on any atom is -0.481 e. The zero-order valence-corrected chi connectivity index (χ0v) is 8.97. The largest absolute Gasteiger partial charge is 0.481 e. The minimum atomic E-state index is -0.849. The molecule has 0 aliphatic carbocycles. The molecule has 0 aromatic heterocycles. The van der Waals surface area contributed by atoms with Gasteiger partial charge in [0.2, 0.25) is 0 Å². The fourth-order valence-corrected chi connectivity index (χ4v) is 1.37. The molecule has 76 valence electrons. The third kappa shape index (κ3) is 2.08. The molecule has 0 aliphatic heterocycles. The molecule has 14 heavy (non-hydrogen) atoms. The summed E-state index contributed by atoms with van der Waals surface area (Å²) in [6.07, 6.45) is 0. The predicted molar refractivity (Wildman–Crippen MR) is 57.1 cm³/mol. The number of carboxylic acid groups (broad SMARTS) is 1. The summed E-state index contributed by atoms with van der Waals surface area (Å²) in [7, 11) is 0. The van der Waals surface area contributed by atoms with Crippen molar-refractivity contribution in [3.8, 4) is 0 Å². The topological polar surface area (TPSA) is 63.3 Å². The van der Waals surface area contributed by atoms with Gasteiger partial charge in [-0.1, -0.05) is 12.1 Å². The molecule has 3 N–H and O–H groups in total. The van der Waals surface area contributed by atoms with E-state index >= 15 is 0 Å². The zero-order valence-electron chi connectivity index (χ0n) is 8.15. The van der Waals surface area contributed by atoms with Crippen molar-refractivity contribution in [2.45, 2.75) is 24.2 Å². The second kappa shape index (κ2) is 4.02. The zero-order chi connectivity index (χ0) is 10.8.